The number of imidazole rings is 1. The molecule has 0 fully saturated rings. The van der Waals surface area contributed by atoms with Gasteiger partial charge in [-0.25, -0.2) is 15.0 Å². The van der Waals surface area contributed by atoms with Gasteiger partial charge in [-0.1, -0.05) is 12.1 Å². The van der Waals surface area contributed by atoms with Crippen molar-refractivity contribution < 1.29 is 0 Å². The molecule has 5 aromatic rings. The minimum Gasteiger partial charge on any atom is -0.290 e. The maximum atomic E-state index is 4.83. The molecule has 0 aliphatic rings. The molecule has 4 aromatic heterocycles. The Bertz CT molecular complexity index is 1220. The van der Waals surface area contributed by atoms with E-state index in [9.17, 15) is 0 Å². The second kappa shape index (κ2) is 5.46. The minimum absolute atomic E-state index is 0.885. The number of fused-ring (bicyclic) bond motifs is 2. The van der Waals surface area contributed by atoms with Gasteiger partial charge in [0.15, 0.2) is 4.96 Å². The second-order valence-corrected chi connectivity index (χ2v) is 6.70. The summed E-state index contributed by atoms with van der Waals surface area (Å²) in [4.78, 5) is 18.9. The van der Waals surface area contributed by atoms with Gasteiger partial charge in [-0.3, -0.25) is 9.38 Å². The number of aryl methyl sites for hydroxylation is 1. The zero-order valence-corrected chi connectivity index (χ0v) is 14.2. The van der Waals surface area contributed by atoms with Gasteiger partial charge >= 0.3 is 0 Å². The average molecular weight is 343 g/mol. The Balaban J connectivity index is 1.81. The third-order valence-corrected chi connectivity index (χ3v) is 4.93. The van der Waals surface area contributed by atoms with E-state index in [1.807, 2.05) is 49.0 Å². The number of hydrogen-bond acceptors (Lipinski definition) is 5. The molecule has 0 aliphatic heterocycles. The van der Waals surface area contributed by atoms with Gasteiger partial charge < -0.3 is 0 Å². The van der Waals surface area contributed by atoms with Gasteiger partial charge in [0.05, 0.1) is 16.9 Å². The Morgan fingerprint density at radius 2 is 2.04 bits per heavy atom. The quantitative estimate of drug-likeness (QED) is 0.477. The maximum absolute atomic E-state index is 4.83. The molecule has 0 unspecified atom stereocenters. The van der Waals surface area contributed by atoms with Crippen LogP contribution in [-0.4, -0.2) is 24.3 Å². The Morgan fingerprint density at radius 1 is 1.08 bits per heavy atom. The van der Waals surface area contributed by atoms with Gasteiger partial charge in [-0.05, 0) is 31.2 Å². The zero-order valence-electron chi connectivity index (χ0n) is 13.4. The first-order chi connectivity index (χ1) is 12.3. The maximum Gasteiger partial charge on any atom is 0.194 e. The van der Waals surface area contributed by atoms with Crippen molar-refractivity contribution in [1.29, 1.82) is 0 Å². The van der Waals surface area contributed by atoms with Crippen LogP contribution in [0.25, 0.3) is 38.5 Å². The van der Waals surface area contributed by atoms with Gasteiger partial charge in [0.25, 0.3) is 0 Å². The van der Waals surface area contributed by atoms with E-state index in [-0.39, 0.29) is 0 Å². The third-order valence-electron chi connectivity index (χ3n) is 4.17. The molecule has 0 bridgehead atoms. The molecule has 25 heavy (non-hydrogen) atoms. The number of thiazole rings is 1. The van der Waals surface area contributed by atoms with Crippen LogP contribution in [0.5, 0.6) is 0 Å². The van der Waals surface area contributed by atoms with Crippen molar-refractivity contribution in [2.45, 2.75) is 6.92 Å². The smallest absolute Gasteiger partial charge is 0.194 e. The summed E-state index contributed by atoms with van der Waals surface area (Å²) < 4.78 is 2.12. The summed E-state index contributed by atoms with van der Waals surface area (Å²) in [5.41, 5.74) is 5.81. The summed E-state index contributed by atoms with van der Waals surface area (Å²) in [6.45, 7) is 1.99. The molecule has 0 spiro atoms. The van der Waals surface area contributed by atoms with Crippen LogP contribution in [0.15, 0.2) is 60.5 Å². The summed E-state index contributed by atoms with van der Waals surface area (Å²) in [5, 5.41) is 3.05. The van der Waals surface area contributed by atoms with E-state index in [1.165, 1.54) is 0 Å². The highest BCUT2D eigenvalue weighted by molar-refractivity contribution is 7.15. The SMILES string of the molecule is Cc1cccc(-c2nc3sccn3c2-c2ccc3ncncc3c2)n1. The topological polar surface area (TPSA) is 56.0 Å². The number of aromatic nitrogens is 5. The standard InChI is InChI=1S/C19H13N5S/c1-12-3-2-4-16(22-12)17-18(24-7-8-25-19(24)23-17)13-5-6-15-14(9-13)10-20-11-21-15/h2-11H,1H3. The number of pyridine rings is 1. The van der Waals surface area contributed by atoms with E-state index >= 15 is 0 Å². The molecule has 0 amide bonds. The number of hydrogen-bond donors (Lipinski definition) is 0. The summed E-state index contributed by atoms with van der Waals surface area (Å²) in [5.74, 6) is 0. The molecule has 120 valence electrons. The number of rotatable bonds is 2. The first-order valence-electron chi connectivity index (χ1n) is 7.89. The van der Waals surface area contributed by atoms with E-state index in [0.717, 1.165) is 44.2 Å². The molecular weight excluding hydrogens is 330 g/mol. The lowest BCUT2D eigenvalue weighted by Crippen LogP contribution is -1.91. The predicted octanol–water partition coefficient (Wildman–Crippen LogP) is 4.38. The molecule has 0 saturated carbocycles. The lowest BCUT2D eigenvalue weighted by atomic mass is 10.1. The van der Waals surface area contributed by atoms with E-state index < -0.39 is 0 Å². The lowest BCUT2D eigenvalue weighted by molar-refractivity contribution is 1.19. The molecule has 5 nitrogen and oxygen atoms in total. The molecule has 0 saturated heterocycles. The molecule has 0 aliphatic carbocycles. The van der Waals surface area contributed by atoms with Crippen molar-refractivity contribution in [3.05, 3.63) is 66.2 Å². The van der Waals surface area contributed by atoms with Crippen molar-refractivity contribution in [3.8, 4) is 22.6 Å². The molecule has 5 rings (SSSR count). The van der Waals surface area contributed by atoms with Gasteiger partial charge in [0, 0.05) is 34.4 Å². The molecule has 4 heterocycles. The Hall–Kier alpha value is -3.12. The van der Waals surface area contributed by atoms with Crippen LogP contribution in [0.2, 0.25) is 0 Å². The van der Waals surface area contributed by atoms with Gasteiger partial charge in [0.2, 0.25) is 0 Å². The molecule has 0 N–H and O–H groups in total. The summed E-state index contributed by atoms with van der Waals surface area (Å²) in [7, 11) is 0. The summed E-state index contributed by atoms with van der Waals surface area (Å²) >= 11 is 1.62. The average Bonchev–Trinajstić information content (AvgIpc) is 3.22. The first kappa shape index (κ1) is 14.2. The van der Waals surface area contributed by atoms with Gasteiger partial charge in [0.1, 0.15) is 12.0 Å². The third kappa shape index (κ3) is 2.30. The van der Waals surface area contributed by atoms with Crippen LogP contribution in [0.4, 0.5) is 0 Å². The van der Waals surface area contributed by atoms with Crippen LogP contribution in [0.1, 0.15) is 5.69 Å². The Morgan fingerprint density at radius 3 is 2.96 bits per heavy atom. The molecule has 6 heteroatoms. The summed E-state index contributed by atoms with van der Waals surface area (Å²) in [6, 6.07) is 12.2. The molecular formula is C19H13N5S. The van der Waals surface area contributed by atoms with E-state index in [2.05, 4.69) is 31.5 Å². The Labute approximate surface area is 147 Å². The number of benzene rings is 1. The highest BCUT2D eigenvalue weighted by Crippen LogP contribution is 2.34. The van der Waals surface area contributed by atoms with E-state index in [0.29, 0.717) is 0 Å². The van der Waals surface area contributed by atoms with Crippen LogP contribution in [0.3, 0.4) is 0 Å². The van der Waals surface area contributed by atoms with Crippen molar-refractivity contribution in [2.75, 3.05) is 0 Å². The number of nitrogens with zero attached hydrogens (tertiary/aromatic N) is 5. The fourth-order valence-corrected chi connectivity index (χ4v) is 3.76. The predicted molar refractivity (Wildman–Crippen MR) is 99.6 cm³/mol. The highest BCUT2D eigenvalue weighted by Gasteiger charge is 2.18. The normalized spacial score (nSPS) is 11.4. The zero-order chi connectivity index (χ0) is 16.8. The van der Waals surface area contributed by atoms with Crippen LogP contribution >= 0.6 is 11.3 Å². The molecule has 1 aromatic carbocycles. The van der Waals surface area contributed by atoms with Crippen LogP contribution < -0.4 is 0 Å². The van der Waals surface area contributed by atoms with Crippen LogP contribution in [0, 0.1) is 6.92 Å². The molecule has 0 atom stereocenters. The highest BCUT2D eigenvalue weighted by atomic mass is 32.1. The second-order valence-electron chi connectivity index (χ2n) is 5.83. The fourth-order valence-electron chi connectivity index (χ4n) is 3.05. The van der Waals surface area contributed by atoms with E-state index in [1.54, 1.807) is 17.7 Å². The fraction of sp³-hybridized carbons (Fsp3) is 0.0526. The van der Waals surface area contributed by atoms with Gasteiger partial charge in [-0.2, -0.15) is 0 Å². The lowest BCUT2D eigenvalue weighted by Gasteiger charge is -2.06. The van der Waals surface area contributed by atoms with Crippen molar-refractivity contribution >= 4 is 27.2 Å². The monoisotopic (exact) mass is 343 g/mol. The molecule has 0 radical (unpaired) electrons. The van der Waals surface area contributed by atoms with E-state index in [4.69, 9.17) is 4.98 Å². The summed E-state index contributed by atoms with van der Waals surface area (Å²) in [6.07, 6.45) is 5.45. The van der Waals surface area contributed by atoms with Crippen molar-refractivity contribution in [2.24, 2.45) is 0 Å². The van der Waals surface area contributed by atoms with Crippen molar-refractivity contribution in [1.82, 2.24) is 24.3 Å². The van der Waals surface area contributed by atoms with Crippen molar-refractivity contribution in [3.63, 3.8) is 0 Å². The Kier molecular flexibility index (Phi) is 3.11. The van der Waals surface area contributed by atoms with Crippen LogP contribution in [-0.2, 0) is 0 Å². The largest absolute Gasteiger partial charge is 0.290 e. The first-order valence-corrected chi connectivity index (χ1v) is 8.77. The minimum atomic E-state index is 0.885. The van der Waals surface area contributed by atoms with Gasteiger partial charge in [-0.15, -0.1) is 11.3 Å².